The van der Waals surface area contributed by atoms with Crippen LogP contribution in [0.5, 0.6) is 5.75 Å². The van der Waals surface area contributed by atoms with Crippen molar-refractivity contribution in [1.29, 1.82) is 0 Å². The molecule has 0 radical (unpaired) electrons. The largest absolute Gasteiger partial charge is 0.491 e. The van der Waals surface area contributed by atoms with Gasteiger partial charge in [-0.25, -0.2) is 0 Å². The molecule has 1 aromatic rings. The normalized spacial score (nSPS) is 10.2. The predicted octanol–water partition coefficient (Wildman–Crippen LogP) is 3.92. The van der Waals surface area contributed by atoms with Gasteiger partial charge in [0.1, 0.15) is 12.4 Å². The average Bonchev–Trinajstić information content (AvgIpc) is 2.34. The van der Waals surface area contributed by atoms with Crippen LogP contribution in [0.2, 0.25) is 0 Å². The van der Waals surface area contributed by atoms with E-state index in [1.165, 1.54) is 6.42 Å². The van der Waals surface area contributed by atoms with E-state index in [-0.39, 0.29) is 0 Å². The molecule has 94 valence electrons. The monoisotopic (exact) mass is 234 g/mol. The fourth-order valence-corrected chi connectivity index (χ4v) is 1.50. The summed E-state index contributed by atoms with van der Waals surface area (Å²) in [6, 6.07) is 7.96. The van der Waals surface area contributed by atoms with Crippen molar-refractivity contribution in [2.45, 2.75) is 26.7 Å². The molecule has 0 saturated carbocycles. The zero-order valence-electron chi connectivity index (χ0n) is 10.9. The smallest absolute Gasteiger partial charge is 0.126 e. The molecule has 0 aliphatic rings. The first-order valence-electron chi connectivity index (χ1n) is 6.21. The third-order valence-electron chi connectivity index (χ3n) is 2.47. The molecule has 0 atom stereocenters. The van der Waals surface area contributed by atoms with Gasteiger partial charge in [0.25, 0.3) is 0 Å². The molecule has 1 rings (SSSR count). The molecule has 0 amide bonds. The molecule has 0 bridgehead atoms. The SMILES string of the molecule is C=C(C)c1ccccc1OCCOCCCC. The molecule has 0 fully saturated rings. The second-order valence-corrected chi connectivity index (χ2v) is 4.09. The van der Waals surface area contributed by atoms with Crippen molar-refractivity contribution in [1.82, 2.24) is 0 Å². The lowest BCUT2D eigenvalue weighted by molar-refractivity contribution is 0.0980. The summed E-state index contributed by atoms with van der Waals surface area (Å²) in [5.74, 6) is 0.888. The summed E-state index contributed by atoms with van der Waals surface area (Å²) in [4.78, 5) is 0. The van der Waals surface area contributed by atoms with E-state index in [1.807, 2.05) is 31.2 Å². The van der Waals surface area contributed by atoms with Crippen molar-refractivity contribution in [3.8, 4) is 5.75 Å². The minimum Gasteiger partial charge on any atom is -0.491 e. The van der Waals surface area contributed by atoms with Gasteiger partial charge in [-0.15, -0.1) is 0 Å². The predicted molar refractivity (Wildman–Crippen MR) is 72.4 cm³/mol. The van der Waals surface area contributed by atoms with Gasteiger partial charge in [0.05, 0.1) is 6.61 Å². The van der Waals surface area contributed by atoms with Gasteiger partial charge in [-0.2, -0.15) is 0 Å². The Morgan fingerprint density at radius 1 is 1.18 bits per heavy atom. The first-order chi connectivity index (χ1) is 8.25. The van der Waals surface area contributed by atoms with Gasteiger partial charge in [-0.3, -0.25) is 0 Å². The highest BCUT2D eigenvalue weighted by molar-refractivity contribution is 5.66. The highest BCUT2D eigenvalue weighted by Gasteiger charge is 2.02. The summed E-state index contributed by atoms with van der Waals surface area (Å²) in [5.41, 5.74) is 2.09. The molecule has 0 unspecified atom stereocenters. The highest BCUT2D eigenvalue weighted by atomic mass is 16.5. The van der Waals surface area contributed by atoms with E-state index in [9.17, 15) is 0 Å². The zero-order valence-corrected chi connectivity index (χ0v) is 10.9. The van der Waals surface area contributed by atoms with E-state index in [0.717, 1.165) is 29.9 Å². The molecule has 0 spiro atoms. The van der Waals surface area contributed by atoms with Crippen LogP contribution in [-0.2, 0) is 4.74 Å². The molecule has 17 heavy (non-hydrogen) atoms. The van der Waals surface area contributed by atoms with Gasteiger partial charge in [-0.1, -0.05) is 38.1 Å². The fourth-order valence-electron chi connectivity index (χ4n) is 1.50. The van der Waals surface area contributed by atoms with Gasteiger partial charge >= 0.3 is 0 Å². The molecule has 1 aromatic carbocycles. The molecular formula is C15H22O2. The Balaban J connectivity index is 2.34. The third-order valence-corrected chi connectivity index (χ3v) is 2.47. The van der Waals surface area contributed by atoms with E-state index >= 15 is 0 Å². The maximum atomic E-state index is 5.69. The average molecular weight is 234 g/mol. The van der Waals surface area contributed by atoms with E-state index < -0.39 is 0 Å². The second-order valence-electron chi connectivity index (χ2n) is 4.09. The van der Waals surface area contributed by atoms with Crippen molar-refractivity contribution in [2.75, 3.05) is 19.8 Å². The molecule has 2 nitrogen and oxygen atoms in total. The van der Waals surface area contributed by atoms with Gasteiger partial charge in [0, 0.05) is 12.2 Å². The first-order valence-corrected chi connectivity index (χ1v) is 6.21. The molecule has 0 aliphatic carbocycles. The Bertz CT molecular complexity index is 345. The minimum atomic E-state index is 0.591. The number of rotatable bonds is 8. The highest BCUT2D eigenvalue weighted by Crippen LogP contribution is 2.24. The molecule has 0 saturated heterocycles. The number of unbranched alkanes of at least 4 members (excludes halogenated alkanes) is 1. The number of hydrogen-bond acceptors (Lipinski definition) is 2. The molecule has 0 aromatic heterocycles. The van der Waals surface area contributed by atoms with E-state index in [0.29, 0.717) is 13.2 Å². The number of allylic oxidation sites excluding steroid dienone is 1. The van der Waals surface area contributed by atoms with Crippen LogP contribution in [0.1, 0.15) is 32.3 Å². The van der Waals surface area contributed by atoms with Gasteiger partial charge < -0.3 is 9.47 Å². The van der Waals surface area contributed by atoms with Crippen LogP contribution in [0, 0.1) is 0 Å². The van der Waals surface area contributed by atoms with Crippen LogP contribution in [0.4, 0.5) is 0 Å². The van der Waals surface area contributed by atoms with Gasteiger partial charge in [0.2, 0.25) is 0 Å². The molecule has 0 heterocycles. The summed E-state index contributed by atoms with van der Waals surface area (Å²) in [5, 5.41) is 0. The summed E-state index contributed by atoms with van der Waals surface area (Å²) < 4.78 is 11.1. The van der Waals surface area contributed by atoms with Crippen LogP contribution >= 0.6 is 0 Å². The summed E-state index contributed by atoms with van der Waals surface area (Å²) >= 11 is 0. The lowest BCUT2D eigenvalue weighted by atomic mass is 10.1. The Kier molecular flexibility index (Phi) is 6.41. The zero-order chi connectivity index (χ0) is 12.5. The van der Waals surface area contributed by atoms with Crippen molar-refractivity contribution >= 4 is 5.57 Å². The topological polar surface area (TPSA) is 18.5 Å². The Morgan fingerprint density at radius 2 is 1.94 bits per heavy atom. The Morgan fingerprint density at radius 3 is 2.65 bits per heavy atom. The van der Waals surface area contributed by atoms with Crippen LogP contribution in [0.25, 0.3) is 5.57 Å². The maximum Gasteiger partial charge on any atom is 0.126 e. The molecular weight excluding hydrogens is 212 g/mol. The van der Waals surface area contributed by atoms with Crippen molar-refractivity contribution in [2.24, 2.45) is 0 Å². The minimum absolute atomic E-state index is 0.591. The quantitative estimate of drug-likeness (QED) is 0.635. The van der Waals surface area contributed by atoms with Crippen LogP contribution in [0.15, 0.2) is 30.8 Å². The first kappa shape index (κ1) is 13.8. The molecule has 0 aliphatic heterocycles. The van der Waals surface area contributed by atoms with Crippen LogP contribution in [0.3, 0.4) is 0 Å². The summed E-state index contributed by atoms with van der Waals surface area (Å²) in [6.07, 6.45) is 2.28. The summed E-state index contributed by atoms with van der Waals surface area (Å²) in [6.45, 7) is 10.1. The molecule has 2 heteroatoms. The standard InChI is InChI=1S/C15H22O2/c1-4-5-10-16-11-12-17-15-9-7-6-8-14(15)13(2)3/h6-9H,2,4-5,10-12H2,1,3H3. The number of hydrogen-bond donors (Lipinski definition) is 0. The lowest BCUT2D eigenvalue weighted by Crippen LogP contribution is -2.08. The third kappa shape index (κ3) is 5.05. The van der Waals surface area contributed by atoms with E-state index in [1.54, 1.807) is 0 Å². The van der Waals surface area contributed by atoms with E-state index in [2.05, 4.69) is 13.5 Å². The Labute approximate surface area is 104 Å². The number of ether oxygens (including phenoxy) is 2. The van der Waals surface area contributed by atoms with Gasteiger partial charge in [0.15, 0.2) is 0 Å². The van der Waals surface area contributed by atoms with Crippen molar-refractivity contribution in [3.05, 3.63) is 36.4 Å². The maximum absolute atomic E-state index is 5.69. The lowest BCUT2D eigenvalue weighted by Gasteiger charge is -2.11. The van der Waals surface area contributed by atoms with Gasteiger partial charge in [-0.05, 0) is 25.0 Å². The van der Waals surface area contributed by atoms with Crippen molar-refractivity contribution in [3.63, 3.8) is 0 Å². The number of para-hydroxylation sites is 1. The van der Waals surface area contributed by atoms with Crippen LogP contribution < -0.4 is 4.74 Å². The summed E-state index contributed by atoms with van der Waals surface area (Å²) in [7, 11) is 0. The second kappa shape index (κ2) is 7.91. The van der Waals surface area contributed by atoms with Crippen LogP contribution in [-0.4, -0.2) is 19.8 Å². The van der Waals surface area contributed by atoms with E-state index in [4.69, 9.17) is 9.47 Å². The number of benzene rings is 1. The fraction of sp³-hybridized carbons (Fsp3) is 0.467. The Hall–Kier alpha value is -1.28. The molecule has 0 N–H and O–H groups in total. The van der Waals surface area contributed by atoms with Crippen molar-refractivity contribution < 1.29 is 9.47 Å².